The molecule has 1 aliphatic rings. The number of methoxy groups -OCH3 is 1. The topological polar surface area (TPSA) is 66.8 Å². The average Bonchev–Trinajstić information content (AvgIpc) is 2.45. The van der Waals surface area contributed by atoms with Gasteiger partial charge in [0.1, 0.15) is 0 Å². The molecule has 4 atom stereocenters. The summed E-state index contributed by atoms with van der Waals surface area (Å²) in [7, 11) is 1.34. The van der Waals surface area contributed by atoms with Crippen molar-refractivity contribution < 1.29 is 19.7 Å². The van der Waals surface area contributed by atoms with E-state index in [1.807, 2.05) is 30.3 Å². The number of ether oxygens (including phenoxy) is 1. The van der Waals surface area contributed by atoms with Crippen molar-refractivity contribution in [3.8, 4) is 0 Å². The Labute approximate surface area is 119 Å². The first kappa shape index (κ1) is 15.0. The van der Waals surface area contributed by atoms with E-state index in [1.54, 1.807) is 0 Å². The fourth-order valence-electron chi connectivity index (χ4n) is 3.11. The minimum Gasteiger partial charge on any atom is -0.469 e. The van der Waals surface area contributed by atoms with Crippen molar-refractivity contribution in [3.05, 3.63) is 35.9 Å². The molecule has 2 N–H and O–H groups in total. The molecule has 0 spiro atoms. The summed E-state index contributed by atoms with van der Waals surface area (Å²) >= 11 is 0. The van der Waals surface area contributed by atoms with E-state index in [0.717, 1.165) is 12.8 Å². The maximum atomic E-state index is 11.8. The zero-order valence-electron chi connectivity index (χ0n) is 11.7. The van der Waals surface area contributed by atoms with Gasteiger partial charge in [0.2, 0.25) is 0 Å². The van der Waals surface area contributed by atoms with E-state index >= 15 is 0 Å². The van der Waals surface area contributed by atoms with Crippen molar-refractivity contribution >= 4 is 5.97 Å². The normalized spacial score (nSPS) is 29.9. The third kappa shape index (κ3) is 3.58. The number of aliphatic hydroxyl groups is 2. The van der Waals surface area contributed by atoms with Gasteiger partial charge in [-0.2, -0.15) is 0 Å². The highest BCUT2D eigenvalue weighted by molar-refractivity contribution is 5.73. The van der Waals surface area contributed by atoms with Crippen LogP contribution >= 0.6 is 0 Å². The van der Waals surface area contributed by atoms with E-state index in [1.165, 1.54) is 12.7 Å². The van der Waals surface area contributed by atoms with Crippen LogP contribution in [0.4, 0.5) is 0 Å². The Kier molecular flexibility index (Phi) is 5.15. The Morgan fingerprint density at radius 3 is 2.60 bits per heavy atom. The molecule has 0 aliphatic heterocycles. The minimum absolute atomic E-state index is 0.0404. The number of benzene rings is 1. The number of hydrogen-bond donors (Lipinski definition) is 2. The van der Waals surface area contributed by atoms with Crippen LogP contribution in [0.5, 0.6) is 0 Å². The summed E-state index contributed by atoms with van der Waals surface area (Å²) in [5, 5.41) is 19.9. The van der Waals surface area contributed by atoms with Gasteiger partial charge in [0.15, 0.2) is 0 Å². The summed E-state index contributed by atoms with van der Waals surface area (Å²) in [6.07, 6.45) is 1.04. The van der Waals surface area contributed by atoms with Crippen molar-refractivity contribution in [2.75, 3.05) is 7.11 Å². The molecule has 2 rings (SSSR count). The zero-order chi connectivity index (χ0) is 14.5. The second-order valence-corrected chi connectivity index (χ2v) is 5.53. The van der Waals surface area contributed by atoms with E-state index in [4.69, 9.17) is 4.74 Å². The molecule has 110 valence electrons. The molecular formula is C16H22O4. The van der Waals surface area contributed by atoms with Crippen LogP contribution in [0.25, 0.3) is 0 Å². The standard InChI is InChI=1S/C16H22O4/c1-20-16(19)15-12(9-13(17)10-14(15)18)8-7-11-5-3-2-4-6-11/h2-6,12-15,17-18H,7-10H2,1H3. The third-order valence-corrected chi connectivity index (χ3v) is 4.13. The maximum absolute atomic E-state index is 11.8. The second kappa shape index (κ2) is 6.86. The lowest BCUT2D eigenvalue weighted by molar-refractivity contribution is -0.157. The lowest BCUT2D eigenvalue weighted by Gasteiger charge is -2.36. The third-order valence-electron chi connectivity index (χ3n) is 4.13. The number of hydrogen-bond acceptors (Lipinski definition) is 4. The first-order valence-corrected chi connectivity index (χ1v) is 7.09. The summed E-state index contributed by atoms with van der Waals surface area (Å²) in [5.74, 6) is -0.934. The van der Waals surface area contributed by atoms with Crippen LogP contribution in [0.15, 0.2) is 30.3 Å². The quantitative estimate of drug-likeness (QED) is 0.820. The molecule has 0 aromatic heterocycles. The van der Waals surface area contributed by atoms with Gasteiger partial charge in [-0.25, -0.2) is 0 Å². The van der Waals surface area contributed by atoms with Gasteiger partial charge in [-0.05, 0) is 30.7 Å². The van der Waals surface area contributed by atoms with E-state index in [-0.39, 0.29) is 18.3 Å². The number of rotatable bonds is 4. The first-order chi connectivity index (χ1) is 9.61. The molecule has 1 aromatic carbocycles. The number of aliphatic hydroxyl groups excluding tert-OH is 2. The lowest BCUT2D eigenvalue weighted by atomic mass is 9.73. The fourth-order valence-corrected chi connectivity index (χ4v) is 3.11. The Balaban J connectivity index is 2.03. The van der Waals surface area contributed by atoms with Crippen LogP contribution in [-0.4, -0.2) is 35.5 Å². The SMILES string of the molecule is COC(=O)C1C(O)CC(O)CC1CCc1ccccc1. The van der Waals surface area contributed by atoms with Crippen molar-refractivity contribution in [2.24, 2.45) is 11.8 Å². The van der Waals surface area contributed by atoms with E-state index in [9.17, 15) is 15.0 Å². The molecule has 0 saturated heterocycles. The fraction of sp³-hybridized carbons (Fsp3) is 0.562. The van der Waals surface area contributed by atoms with E-state index in [0.29, 0.717) is 6.42 Å². The van der Waals surface area contributed by atoms with Crippen molar-refractivity contribution in [3.63, 3.8) is 0 Å². The van der Waals surface area contributed by atoms with Crippen molar-refractivity contribution in [1.82, 2.24) is 0 Å². The highest BCUT2D eigenvalue weighted by atomic mass is 16.5. The molecule has 1 fully saturated rings. The average molecular weight is 278 g/mol. The summed E-state index contributed by atoms with van der Waals surface area (Å²) in [6, 6.07) is 10.0. The monoisotopic (exact) mass is 278 g/mol. The van der Waals surface area contributed by atoms with Gasteiger partial charge in [-0.1, -0.05) is 30.3 Å². The summed E-state index contributed by atoms with van der Waals surface area (Å²) in [4.78, 5) is 11.8. The minimum atomic E-state index is -0.813. The second-order valence-electron chi connectivity index (χ2n) is 5.53. The van der Waals surface area contributed by atoms with Gasteiger partial charge in [-0.3, -0.25) is 4.79 Å². The van der Waals surface area contributed by atoms with Gasteiger partial charge in [0.25, 0.3) is 0 Å². The van der Waals surface area contributed by atoms with E-state index < -0.39 is 18.1 Å². The Morgan fingerprint density at radius 2 is 1.95 bits per heavy atom. The largest absolute Gasteiger partial charge is 0.469 e. The first-order valence-electron chi connectivity index (χ1n) is 7.09. The maximum Gasteiger partial charge on any atom is 0.311 e. The van der Waals surface area contributed by atoms with Crippen LogP contribution in [0.1, 0.15) is 24.8 Å². The Hall–Kier alpha value is -1.39. The Morgan fingerprint density at radius 1 is 1.25 bits per heavy atom. The van der Waals surface area contributed by atoms with Gasteiger partial charge >= 0.3 is 5.97 Å². The van der Waals surface area contributed by atoms with Crippen LogP contribution in [-0.2, 0) is 16.0 Å². The van der Waals surface area contributed by atoms with Gasteiger partial charge in [0, 0.05) is 6.42 Å². The zero-order valence-corrected chi connectivity index (χ0v) is 11.7. The van der Waals surface area contributed by atoms with Gasteiger partial charge < -0.3 is 14.9 Å². The van der Waals surface area contributed by atoms with Crippen LogP contribution < -0.4 is 0 Å². The summed E-state index contributed by atoms with van der Waals surface area (Å²) in [5.41, 5.74) is 1.20. The van der Waals surface area contributed by atoms with Crippen molar-refractivity contribution in [2.45, 2.75) is 37.9 Å². The molecule has 0 bridgehead atoms. The van der Waals surface area contributed by atoms with E-state index in [2.05, 4.69) is 0 Å². The summed E-state index contributed by atoms with van der Waals surface area (Å²) < 4.78 is 4.80. The molecule has 20 heavy (non-hydrogen) atoms. The Bertz CT molecular complexity index is 431. The molecule has 1 aromatic rings. The number of carbonyl (C=O) groups excluding carboxylic acids is 1. The smallest absolute Gasteiger partial charge is 0.311 e. The number of esters is 1. The molecule has 1 aliphatic carbocycles. The van der Waals surface area contributed by atoms with Gasteiger partial charge in [-0.15, -0.1) is 0 Å². The predicted molar refractivity (Wildman–Crippen MR) is 75.0 cm³/mol. The highest BCUT2D eigenvalue weighted by Crippen LogP contribution is 2.34. The van der Waals surface area contributed by atoms with Crippen molar-refractivity contribution in [1.29, 1.82) is 0 Å². The molecular weight excluding hydrogens is 256 g/mol. The van der Waals surface area contributed by atoms with Crippen LogP contribution in [0.2, 0.25) is 0 Å². The molecule has 4 nitrogen and oxygen atoms in total. The molecule has 4 heteroatoms. The highest BCUT2D eigenvalue weighted by Gasteiger charge is 2.41. The van der Waals surface area contributed by atoms with Crippen LogP contribution in [0.3, 0.4) is 0 Å². The summed E-state index contributed by atoms with van der Waals surface area (Å²) in [6.45, 7) is 0. The van der Waals surface area contributed by atoms with Crippen LogP contribution in [0, 0.1) is 11.8 Å². The number of aryl methyl sites for hydroxylation is 1. The molecule has 1 saturated carbocycles. The number of carbonyl (C=O) groups is 1. The molecule has 0 heterocycles. The molecule has 4 unspecified atom stereocenters. The van der Waals surface area contributed by atoms with Gasteiger partial charge in [0.05, 0.1) is 25.2 Å². The lowest BCUT2D eigenvalue weighted by Crippen LogP contribution is -2.43. The molecule has 0 radical (unpaired) electrons. The predicted octanol–water partition coefficient (Wildman–Crippen LogP) is 1.54. The molecule has 0 amide bonds.